The summed E-state index contributed by atoms with van der Waals surface area (Å²) >= 11 is 0. The zero-order chi connectivity index (χ0) is 35.1. The van der Waals surface area contributed by atoms with Crippen molar-refractivity contribution < 1.29 is 9.59 Å². The van der Waals surface area contributed by atoms with Crippen molar-refractivity contribution in [3.63, 3.8) is 0 Å². The van der Waals surface area contributed by atoms with E-state index in [0.29, 0.717) is 17.7 Å². The molecule has 2 amide bonds. The predicted octanol–water partition coefficient (Wildman–Crippen LogP) is 9.26. The van der Waals surface area contributed by atoms with Gasteiger partial charge in [-0.1, -0.05) is 125 Å². The van der Waals surface area contributed by atoms with Crippen LogP contribution in [0.2, 0.25) is 0 Å². The molecule has 4 nitrogen and oxygen atoms in total. The molecule has 0 aromatic heterocycles. The Morgan fingerprint density at radius 1 is 0.531 bits per heavy atom. The first kappa shape index (κ1) is 37.6. The highest BCUT2D eigenvalue weighted by atomic mass is 16.2. The van der Waals surface area contributed by atoms with Crippen LogP contribution in [0, 0.1) is 23.7 Å². The molecule has 0 aliphatic heterocycles. The van der Waals surface area contributed by atoms with Gasteiger partial charge in [-0.2, -0.15) is 0 Å². The lowest BCUT2D eigenvalue weighted by Crippen LogP contribution is -2.27. The number of amides is 2. The van der Waals surface area contributed by atoms with E-state index in [4.69, 9.17) is 0 Å². The van der Waals surface area contributed by atoms with Crippen LogP contribution in [0.25, 0.3) is 0 Å². The molecule has 5 aromatic rings. The van der Waals surface area contributed by atoms with E-state index in [1.165, 1.54) is 5.56 Å². The number of unbranched alkanes of at least 4 members (excludes halogenated alkanes) is 1. The zero-order valence-corrected chi connectivity index (χ0v) is 29.0. The predicted molar refractivity (Wildman–Crippen MR) is 204 cm³/mol. The van der Waals surface area contributed by atoms with Crippen LogP contribution in [0.4, 0.5) is 0 Å². The average molecular weight is 647 g/mol. The third-order valence-corrected chi connectivity index (χ3v) is 7.30. The van der Waals surface area contributed by atoms with Crippen molar-refractivity contribution in [3.05, 3.63) is 178 Å². The van der Waals surface area contributed by atoms with Gasteiger partial charge in [-0.15, -0.1) is 0 Å². The SMILES string of the molecule is CC.CC(CNC(=O)c1ccc(C#Cc2ccccc2)cc1)c1ccccc1.CCCCNC(=O)c1ccc(C#Cc2ccccc2)cc1. The van der Waals surface area contributed by atoms with Crippen LogP contribution in [-0.4, -0.2) is 24.9 Å². The maximum atomic E-state index is 12.3. The van der Waals surface area contributed by atoms with Gasteiger partial charge in [0.25, 0.3) is 11.8 Å². The molecule has 5 aromatic carbocycles. The summed E-state index contributed by atoms with van der Waals surface area (Å²) in [5.41, 5.74) is 6.31. The fourth-order valence-electron chi connectivity index (χ4n) is 4.47. The number of hydrogen-bond donors (Lipinski definition) is 2. The lowest BCUT2D eigenvalue weighted by Gasteiger charge is -2.13. The van der Waals surface area contributed by atoms with Gasteiger partial charge in [0, 0.05) is 46.5 Å². The Bertz CT molecular complexity index is 1810. The number of nitrogens with one attached hydrogen (secondary N) is 2. The summed E-state index contributed by atoms with van der Waals surface area (Å²) in [5, 5.41) is 5.90. The molecule has 2 N–H and O–H groups in total. The van der Waals surface area contributed by atoms with Gasteiger partial charge in [0.15, 0.2) is 0 Å². The van der Waals surface area contributed by atoms with Crippen molar-refractivity contribution in [2.75, 3.05) is 13.1 Å². The third kappa shape index (κ3) is 13.8. The fourth-order valence-corrected chi connectivity index (χ4v) is 4.47. The van der Waals surface area contributed by atoms with Gasteiger partial charge in [0.1, 0.15) is 0 Å². The molecular formula is C45H46N2O2. The number of rotatable bonds is 8. The van der Waals surface area contributed by atoms with Crippen molar-refractivity contribution in [1.29, 1.82) is 0 Å². The summed E-state index contributed by atoms with van der Waals surface area (Å²) in [4.78, 5) is 24.2. The van der Waals surface area contributed by atoms with Gasteiger partial charge in [0.05, 0.1) is 0 Å². The van der Waals surface area contributed by atoms with Crippen molar-refractivity contribution in [2.24, 2.45) is 0 Å². The van der Waals surface area contributed by atoms with Crippen LogP contribution >= 0.6 is 0 Å². The largest absolute Gasteiger partial charge is 0.352 e. The van der Waals surface area contributed by atoms with E-state index >= 15 is 0 Å². The Labute approximate surface area is 293 Å². The highest BCUT2D eigenvalue weighted by molar-refractivity contribution is 5.94. The Morgan fingerprint density at radius 2 is 0.898 bits per heavy atom. The summed E-state index contributed by atoms with van der Waals surface area (Å²) in [6, 6.07) is 44.7. The Balaban J connectivity index is 0.000000258. The lowest BCUT2D eigenvalue weighted by molar-refractivity contribution is 0.0944. The molecule has 0 aliphatic carbocycles. The van der Waals surface area contributed by atoms with E-state index in [1.807, 2.05) is 141 Å². The molecular weight excluding hydrogens is 601 g/mol. The van der Waals surface area contributed by atoms with E-state index in [2.05, 4.69) is 60.3 Å². The summed E-state index contributed by atoms with van der Waals surface area (Å²) in [6.45, 7) is 9.55. The molecule has 0 radical (unpaired) electrons. The first-order valence-corrected chi connectivity index (χ1v) is 17.0. The minimum atomic E-state index is -0.0599. The van der Waals surface area contributed by atoms with Crippen LogP contribution in [-0.2, 0) is 0 Å². The van der Waals surface area contributed by atoms with Gasteiger partial charge in [-0.05, 0) is 90.7 Å². The maximum Gasteiger partial charge on any atom is 0.251 e. The van der Waals surface area contributed by atoms with Crippen molar-refractivity contribution in [3.8, 4) is 23.7 Å². The standard InChI is InChI=1S/C24H21NO.C19H19NO.C2H6/c1-19(22-10-6-3-7-11-22)18-25-24(26)23-16-14-21(15-17-23)13-12-20-8-4-2-5-9-20;1-2-3-15-20-19(21)18-13-11-17(12-14-18)10-9-16-7-5-4-6-8-16;1-2/h2-11,14-17,19H,18H2,1H3,(H,25,26);4-8,11-14H,2-3,15H2,1H3,(H,20,21);1-2H3. The number of hydrogen-bond acceptors (Lipinski definition) is 2. The molecule has 1 unspecified atom stereocenters. The summed E-state index contributed by atoms with van der Waals surface area (Å²) in [7, 11) is 0. The quantitative estimate of drug-likeness (QED) is 0.130. The van der Waals surface area contributed by atoms with Crippen molar-refractivity contribution in [1.82, 2.24) is 10.6 Å². The normalized spacial score (nSPS) is 10.1. The van der Waals surface area contributed by atoms with E-state index < -0.39 is 0 Å². The van der Waals surface area contributed by atoms with E-state index in [0.717, 1.165) is 41.6 Å². The van der Waals surface area contributed by atoms with E-state index in [-0.39, 0.29) is 17.7 Å². The summed E-state index contributed by atoms with van der Waals surface area (Å²) in [5.74, 6) is 12.6. The minimum Gasteiger partial charge on any atom is -0.352 e. The molecule has 0 saturated carbocycles. The Kier molecular flexibility index (Phi) is 16.8. The van der Waals surface area contributed by atoms with Gasteiger partial charge in [-0.25, -0.2) is 0 Å². The highest BCUT2D eigenvalue weighted by Crippen LogP contribution is 2.13. The van der Waals surface area contributed by atoms with Gasteiger partial charge in [0.2, 0.25) is 0 Å². The van der Waals surface area contributed by atoms with Crippen LogP contribution < -0.4 is 10.6 Å². The molecule has 49 heavy (non-hydrogen) atoms. The molecule has 0 spiro atoms. The molecule has 0 bridgehead atoms. The molecule has 0 saturated heterocycles. The first-order valence-electron chi connectivity index (χ1n) is 17.0. The van der Waals surface area contributed by atoms with Crippen LogP contribution in [0.1, 0.15) is 95.0 Å². The molecule has 4 heteroatoms. The Hall–Kier alpha value is -5.84. The van der Waals surface area contributed by atoms with Crippen LogP contribution in [0.15, 0.2) is 140 Å². The van der Waals surface area contributed by atoms with Crippen molar-refractivity contribution >= 4 is 11.8 Å². The maximum absolute atomic E-state index is 12.3. The fraction of sp³-hybridized carbons (Fsp3) is 0.200. The van der Waals surface area contributed by atoms with Gasteiger partial charge >= 0.3 is 0 Å². The molecule has 248 valence electrons. The molecule has 5 rings (SSSR count). The topological polar surface area (TPSA) is 58.2 Å². The Morgan fingerprint density at radius 3 is 1.31 bits per heavy atom. The second kappa shape index (κ2) is 21.9. The average Bonchev–Trinajstić information content (AvgIpc) is 3.18. The monoisotopic (exact) mass is 646 g/mol. The molecule has 1 atom stereocenters. The third-order valence-electron chi connectivity index (χ3n) is 7.30. The highest BCUT2D eigenvalue weighted by Gasteiger charge is 2.09. The second-order valence-corrected chi connectivity index (χ2v) is 11.0. The zero-order valence-electron chi connectivity index (χ0n) is 29.0. The summed E-state index contributed by atoms with van der Waals surface area (Å²) in [6.07, 6.45) is 2.08. The summed E-state index contributed by atoms with van der Waals surface area (Å²) < 4.78 is 0. The molecule has 0 fully saturated rings. The number of carbonyl (C=O) groups excluding carboxylic acids is 2. The van der Waals surface area contributed by atoms with Gasteiger partial charge in [-0.3, -0.25) is 9.59 Å². The molecule has 0 heterocycles. The van der Waals surface area contributed by atoms with Crippen LogP contribution in [0.5, 0.6) is 0 Å². The van der Waals surface area contributed by atoms with Crippen molar-refractivity contribution in [2.45, 2.75) is 46.5 Å². The lowest BCUT2D eigenvalue weighted by atomic mass is 10.0. The van der Waals surface area contributed by atoms with Gasteiger partial charge < -0.3 is 10.6 Å². The van der Waals surface area contributed by atoms with E-state index in [1.54, 1.807) is 0 Å². The number of benzene rings is 5. The smallest absolute Gasteiger partial charge is 0.251 e. The minimum absolute atomic E-state index is 0.0222. The van der Waals surface area contributed by atoms with Crippen LogP contribution in [0.3, 0.4) is 0 Å². The second-order valence-electron chi connectivity index (χ2n) is 11.0. The first-order chi connectivity index (χ1) is 24.0. The molecule has 0 aliphatic rings. The van der Waals surface area contributed by atoms with E-state index in [9.17, 15) is 9.59 Å². The number of carbonyl (C=O) groups is 2.